The van der Waals surface area contributed by atoms with E-state index in [1.165, 1.54) is 6.07 Å². The molecular weight excluding hydrogens is 155 g/mol. The molecule has 1 aromatic heterocycles. The normalized spacial score (nSPS) is 10.1. The van der Waals surface area contributed by atoms with Crippen molar-refractivity contribution in [3.63, 3.8) is 0 Å². The summed E-state index contributed by atoms with van der Waals surface area (Å²) in [6.07, 6.45) is 3.27. The molecule has 0 aliphatic carbocycles. The molecule has 0 aliphatic rings. The summed E-state index contributed by atoms with van der Waals surface area (Å²) in [5.74, 6) is 0.306. The van der Waals surface area contributed by atoms with Gasteiger partial charge in [-0.15, -0.1) is 0 Å². The van der Waals surface area contributed by atoms with Crippen LogP contribution < -0.4 is 0 Å². The highest BCUT2D eigenvalue weighted by Gasteiger charge is 2.03. The van der Waals surface area contributed by atoms with Gasteiger partial charge in [-0.3, -0.25) is 0 Å². The van der Waals surface area contributed by atoms with Crippen LogP contribution in [0.1, 0.15) is 0 Å². The topological polar surface area (TPSA) is 28.7 Å². The second kappa shape index (κ2) is 2.77. The van der Waals surface area contributed by atoms with Crippen LogP contribution in [-0.2, 0) is 0 Å². The molecule has 0 aliphatic heterocycles. The first-order valence-electron chi connectivity index (χ1n) is 3.62. The Kier molecular flexibility index (Phi) is 1.63. The van der Waals surface area contributed by atoms with Crippen molar-refractivity contribution in [2.75, 3.05) is 0 Å². The summed E-state index contributed by atoms with van der Waals surface area (Å²) in [7, 11) is 0. The molecule has 0 unspecified atom stereocenters. The van der Waals surface area contributed by atoms with Crippen molar-refractivity contribution in [3.8, 4) is 11.4 Å². The maximum atomic E-state index is 13.1. The van der Waals surface area contributed by atoms with Crippen LogP contribution in [0.2, 0.25) is 0 Å². The third-order valence-electron chi connectivity index (χ3n) is 1.63. The predicted octanol–water partition coefficient (Wildman–Crippen LogP) is 2.22. The van der Waals surface area contributed by atoms with Crippen molar-refractivity contribution in [3.05, 3.63) is 42.5 Å². The number of aromatic nitrogens is 2. The zero-order valence-corrected chi connectivity index (χ0v) is 6.29. The molecule has 0 bridgehead atoms. The Labute approximate surface area is 69.1 Å². The number of nitrogens with one attached hydrogen (secondary N) is 1. The van der Waals surface area contributed by atoms with Crippen LogP contribution >= 0.6 is 0 Å². The fraction of sp³-hybridized carbons (Fsp3) is 0. The summed E-state index contributed by atoms with van der Waals surface area (Å²) >= 11 is 0. The number of halogens is 1. The van der Waals surface area contributed by atoms with Crippen LogP contribution in [0.3, 0.4) is 0 Å². The first-order valence-corrected chi connectivity index (χ1v) is 3.62. The van der Waals surface area contributed by atoms with E-state index in [2.05, 4.69) is 9.97 Å². The summed E-state index contributed by atoms with van der Waals surface area (Å²) in [5, 5.41) is 0. The molecule has 0 amide bonds. The van der Waals surface area contributed by atoms with E-state index >= 15 is 0 Å². The van der Waals surface area contributed by atoms with E-state index in [1.54, 1.807) is 30.6 Å². The Morgan fingerprint density at radius 2 is 2.08 bits per heavy atom. The van der Waals surface area contributed by atoms with Crippen molar-refractivity contribution >= 4 is 0 Å². The summed E-state index contributed by atoms with van der Waals surface area (Å²) in [6, 6.07) is 6.54. The van der Waals surface area contributed by atoms with Crippen molar-refractivity contribution in [2.24, 2.45) is 0 Å². The van der Waals surface area contributed by atoms with Gasteiger partial charge in [0.25, 0.3) is 0 Å². The summed E-state index contributed by atoms with van der Waals surface area (Å²) in [5.41, 5.74) is 0.502. The highest BCUT2D eigenvalue weighted by molar-refractivity contribution is 5.55. The molecule has 0 atom stereocenters. The van der Waals surface area contributed by atoms with Crippen molar-refractivity contribution in [2.45, 2.75) is 0 Å². The Bertz CT molecular complexity index is 368. The minimum absolute atomic E-state index is 0.257. The predicted molar refractivity (Wildman–Crippen MR) is 44.0 cm³/mol. The molecule has 2 nitrogen and oxygen atoms in total. The standard InChI is InChI=1S/C9H7FN2/c10-8-4-2-1-3-7(8)9-11-5-6-12-9/h1-6H,(H,11,12). The maximum Gasteiger partial charge on any atom is 0.140 e. The third kappa shape index (κ3) is 1.09. The number of nitrogens with zero attached hydrogens (tertiary/aromatic N) is 1. The van der Waals surface area contributed by atoms with Crippen molar-refractivity contribution in [1.29, 1.82) is 0 Å². The lowest BCUT2D eigenvalue weighted by Crippen LogP contribution is -1.84. The number of hydrogen-bond donors (Lipinski definition) is 1. The first kappa shape index (κ1) is 7.03. The van der Waals surface area contributed by atoms with Gasteiger partial charge in [0.05, 0.1) is 5.56 Å². The molecule has 2 aromatic rings. The number of rotatable bonds is 1. The lowest BCUT2D eigenvalue weighted by atomic mass is 10.2. The maximum absolute atomic E-state index is 13.1. The number of aromatic amines is 1. The highest BCUT2D eigenvalue weighted by atomic mass is 19.1. The van der Waals surface area contributed by atoms with Gasteiger partial charge >= 0.3 is 0 Å². The highest BCUT2D eigenvalue weighted by Crippen LogP contribution is 2.17. The summed E-state index contributed by atoms with van der Waals surface area (Å²) in [4.78, 5) is 6.79. The summed E-state index contributed by atoms with van der Waals surface area (Å²) in [6.45, 7) is 0. The monoisotopic (exact) mass is 162 g/mol. The van der Waals surface area contributed by atoms with E-state index in [-0.39, 0.29) is 5.82 Å². The van der Waals surface area contributed by atoms with Gasteiger partial charge in [-0.2, -0.15) is 0 Å². The van der Waals surface area contributed by atoms with E-state index in [9.17, 15) is 4.39 Å². The Hall–Kier alpha value is -1.64. The fourth-order valence-corrected chi connectivity index (χ4v) is 1.07. The van der Waals surface area contributed by atoms with Gasteiger partial charge in [-0.1, -0.05) is 12.1 Å². The number of imidazole rings is 1. The second-order valence-corrected chi connectivity index (χ2v) is 2.42. The molecule has 0 saturated carbocycles. The van der Waals surface area contributed by atoms with Crippen LogP contribution in [-0.4, -0.2) is 9.97 Å². The lowest BCUT2D eigenvalue weighted by molar-refractivity contribution is 0.630. The second-order valence-electron chi connectivity index (χ2n) is 2.42. The largest absolute Gasteiger partial charge is 0.345 e. The zero-order chi connectivity index (χ0) is 8.39. The van der Waals surface area contributed by atoms with Crippen LogP contribution in [0.25, 0.3) is 11.4 Å². The average molecular weight is 162 g/mol. The van der Waals surface area contributed by atoms with E-state index in [0.29, 0.717) is 11.4 Å². The molecule has 3 heteroatoms. The lowest BCUT2D eigenvalue weighted by Gasteiger charge is -1.96. The number of benzene rings is 1. The van der Waals surface area contributed by atoms with Crippen LogP contribution in [0.4, 0.5) is 4.39 Å². The van der Waals surface area contributed by atoms with E-state index < -0.39 is 0 Å². The zero-order valence-electron chi connectivity index (χ0n) is 6.29. The van der Waals surface area contributed by atoms with E-state index in [1.807, 2.05) is 0 Å². The molecule has 1 N–H and O–H groups in total. The van der Waals surface area contributed by atoms with Crippen molar-refractivity contribution in [1.82, 2.24) is 9.97 Å². The molecule has 2 rings (SSSR count). The molecular formula is C9H7FN2. The van der Waals surface area contributed by atoms with Gasteiger partial charge in [0, 0.05) is 12.4 Å². The Morgan fingerprint density at radius 3 is 2.75 bits per heavy atom. The van der Waals surface area contributed by atoms with Gasteiger partial charge in [0.2, 0.25) is 0 Å². The van der Waals surface area contributed by atoms with Gasteiger partial charge in [-0.25, -0.2) is 9.37 Å². The van der Waals surface area contributed by atoms with Gasteiger partial charge in [-0.05, 0) is 12.1 Å². The molecule has 1 heterocycles. The molecule has 60 valence electrons. The van der Waals surface area contributed by atoms with Crippen molar-refractivity contribution < 1.29 is 4.39 Å². The SMILES string of the molecule is Fc1ccccc1-c1ncc[nH]1. The van der Waals surface area contributed by atoms with E-state index in [0.717, 1.165) is 0 Å². The Balaban J connectivity index is 2.55. The molecule has 1 aromatic carbocycles. The van der Waals surface area contributed by atoms with E-state index in [4.69, 9.17) is 0 Å². The quantitative estimate of drug-likeness (QED) is 0.684. The minimum atomic E-state index is -0.257. The first-order chi connectivity index (χ1) is 5.88. The van der Waals surface area contributed by atoms with Gasteiger partial charge in [0.15, 0.2) is 0 Å². The smallest absolute Gasteiger partial charge is 0.140 e. The Morgan fingerprint density at radius 1 is 1.25 bits per heavy atom. The van der Waals surface area contributed by atoms with Crippen LogP contribution in [0.15, 0.2) is 36.7 Å². The van der Waals surface area contributed by atoms with Gasteiger partial charge < -0.3 is 4.98 Å². The number of H-pyrrole nitrogens is 1. The van der Waals surface area contributed by atoms with Crippen LogP contribution in [0.5, 0.6) is 0 Å². The summed E-state index contributed by atoms with van der Waals surface area (Å²) < 4.78 is 13.1. The van der Waals surface area contributed by atoms with Gasteiger partial charge in [0.1, 0.15) is 11.6 Å². The molecule has 12 heavy (non-hydrogen) atoms. The average Bonchev–Trinajstić information content (AvgIpc) is 2.57. The molecule has 0 saturated heterocycles. The fourth-order valence-electron chi connectivity index (χ4n) is 1.07. The minimum Gasteiger partial charge on any atom is -0.345 e. The third-order valence-corrected chi connectivity index (χ3v) is 1.63. The molecule has 0 fully saturated rings. The van der Waals surface area contributed by atoms with Crippen LogP contribution in [0, 0.1) is 5.82 Å². The molecule has 0 radical (unpaired) electrons. The number of hydrogen-bond acceptors (Lipinski definition) is 1. The molecule has 0 spiro atoms.